The van der Waals surface area contributed by atoms with E-state index in [1.807, 2.05) is 32.9 Å². The minimum absolute atomic E-state index is 0.325. The van der Waals surface area contributed by atoms with E-state index < -0.39 is 36.6 Å². The molecule has 0 saturated carbocycles. The SMILES string of the molecule is Cc1ccc(C)c(C(=O)COC(=O)CN2C(=O)N[C@@](C)(CCC(C)C)C2=O)c1. The van der Waals surface area contributed by atoms with E-state index in [0.29, 0.717) is 17.9 Å². The van der Waals surface area contributed by atoms with Crippen LogP contribution in [0.15, 0.2) is 18.2 Å². The van der Waals surface area contributed by atoms with Crippen molar-refractivity contribution >= 4 is 23.7 Å². The summed E-state index contributed by atoms with van der Waals surface area (Å²) in [6.07, 6.45) is 1.26. The first-order valence-electron chi connectivity index (χ1n) is 9.43. The van der Waals surface area contributed by atoms with Gasteiger partial charge in [0.1, 0.15) is 12.1 Å². The lowest BCUT2D eigenvalue weighted by Crippen LogP contribution is -2.44. The monoisotopic (exact) mass is 388 g/mol. The summed E-state index contributed by atoms with van der Waals surface area (Å²) in [7, 11) is 0. The second kappa shape index (κ2) is 8.54. The quantitative estimate of drug-likeness (QED) is 0.420. The Bertz CT molecular complexity index is 802. The zero-order valence-electron chi connectivity index (χ0n) is 17.1. The standard InChI is InChI=1S/C21H28N2O5/c1-13(2)8-9-21(5)19(26)23(20(27)22-21)11-18(25)28-12-17(24)16-10-14(3)6-7-15(16)4/h6-7,10,13H,8-9,11-12H2,1-5H3,(H,22,27)/t21-/m0/s1. The summed E-state index contributed by atoms with van der Waals surface area (Å²) < 4.78 is 5.02. The van der Waals surface area contributed by atoms with Gasteiger partial charge in [-0.3, -0.25) is 19.3 Å². The Morgan fingerprint density at radius 1 is 1.21 bits per heavy atom. The average Bonchev–Trinajstić information content (AvgIpc) is 2.83. The molecular formula is C21H28N2O5. The number of ether oxygens (including phenoxy) is 1. The molecular weight excluding hydrogens is 360 g/mol. The van der Waals surface area contributed by atoms with Crippen molar-refractivity contribution in [1.29, 1.82) is 0 Å². The molecule has 0 aliphatic carbocycles. The molecule has 1 heterocycles. The summed E-state index contributed by atoms with van der Waals surface area (Å²) in [4.78, 5) is 50.0. The fourth-order valence-corrected chi connectivity index (χ4v) is 3.07. The molecule has 7 nitrogen and oxygen atoms in total. The van der Waals surface area contributed by atoms with Crippen molar-refractivity contribution in [2.45, 2.75) is 53.0 Å². The van der Waals surface area contributed by atoms with Crippen LogP contribution in [0.2, 0.25) is 0 Å². The molecule has 1 atom stereocenters. The van der Waals surface area contributed by atoms with E-state index >= 15 is 0 Å². The van der Waals surface area contributed by atoms with Gasteiger partial charge in [0.2, 0.25) is 5.78 Å². The van der Waals surface area contributed by atoms with Crippen LogP contribution < -0.4 is 5.32 Å². The molecule has 7 heteroatoms. The number of carbonyl (C=O) groups excluding carboxylic acids is 4. The van der Waals surface area contributed by atoms with Crippen LogP contribution in [0.1, 0.15) is 55.1 Å². The van der Waals surface area contributed by atoms with Gasteiger partial charge < -0.3 is 10.1 Å². The lowest BCUT2D eigenvalue weighted by molar-refractivity contribution is -0.146. The Hall–Kier alpha value is -2.70. The maximum absolute atomic E-state index is 12.6. The average molecular weight is 388 g/mol. The normalized spacial score (nSPS) is 19.1. The smallest absolute Gasteiger partial charge is 0.326 e. The first kappa shape index (κ1) is 21.6. The van der Waals surface area contributed by atoms with Crippen LogP contribution in [0.25, 0.3) is 0 Å². The van der Waals surface area contributed by atoms with E-state index in [4.69, 9.17) is 4.74 Å². The highest BCUT2D eigenvalue weighted by atomic mass is 16.5. The summed E-state index contributed by atoms with van der Waals surface area (Å²) >= 11 is 0. The summed E-state index contributed by atoms with van der Waals surface area (Å²) in [5.74, 6) is -1.18. The van der Waals surface area contributed by atoms with Gasteiger partial charge >= 0.3 is 12.0 Å². The predicted molar refractivity (Wildman–Crippen MR) is 104 cm³/mol. The van der Waals surface area contributed by atoms with E-state index in [1.54, 1.807) is 19.9 Å². The van der Waals surface area contributed by atoms with Crippen LogP contribution in [0.5, 0.6) is 0 Å². The van der Waals surface area contributed by atoms with E-state index in [1.165, 1.54) is 0 Å². The maximum Gasteiger partial charge on any atom is 0.326 e. The molecule has 1 N–H and O–H groups in total. The number of nitrogens with zero attached hydrogens (tertiary/aromatic N) is 1. The number of hydrogen-bond donors (Lipinski definition) is 1. The third-order valence-corrected chi connectivity index (χ3v) is 4.91. The van der Waals surface area contributed by atoms with E-state index in [0.717, 1.165) is 22.4 Å². The molecule has 28 heavy (non-hydrogen) atoms. The summed E-state index contributed by atoms with van der Waals surface area (Å²) in [5, 5.41) is 2.66. The zero-order chi connectivity index (χ0) is 21.1. The molecule has 0 spiro atoms. The van der Waals surface area contributed by atoms with Crippen LogP contribution in [0, 0.1) is 19.8 Å². The maximum atomic E-state index is 12.6. The van der Waals surface area contributed by atoms with E-state index in [2.05, 4.69) is 5.32 Å². The minimum atomic E-state index is -1.02. The zero-order valence-corrected chi connectivity index (χ0v) is 17.1. The molecule has 0 aromatic heterocycles. The van der Waals surface area contributed by atoms with Crippen LogP contribution in [-0.4, -0.2) is 47.3 Å². The molecule has 3 amide bonds. The highest BCUT2D eigenvalue weighted by Gasteiger charge is 2.48. The van der Waals surface area contributed by atoms with Gasteiger partial charge in [0.05, 0.1) is 0 Å². The highest BCUT2D eigenvalue weighted by Crippen LogP contribution is 2.24. The molecule has 1 aromatic rings. The number of benzene rings is 1. The number of amides is 3. The number of hydrogen-bond acceptors (Lipinski definition) is 5. The molecule has 1 fully saturated rings. The van der Waals surface area contributed by atoms with Gasteiger partial charge in [0, 0.05) is 5.56 Å². The summed E-state index contributed by atoms with van der Waals surface area (Å²) in [6.45, 7) is 8.46. The lowest BCUT2D eigenvalue weighted by Gasteiger charge is -2.22. The number of ketones is 1. The molecule has 0 bridgehead atoms. The second-order valence-electron chi connectivity index (χ2n) is 7.99. The third-order valence-electron chi connectivity index (χ3n) is 4.91. The molecule has 1 aliphatic rings. The number of esters is 1. The first-order chi connectivity index (χ1) is 13.0. The van der Waals surface area contributed by atoms with E-state index in [9.17, 15) is 19.2 Å². The number of Topliss-reactive ketones (excluding diaryl/α,β-unsaturated/α-hetero) is 1. The van der Waals surface area contributed by atoms with E-state index in [-0.39, 0.29) is 5.78 Å². The predicted octanol–water partition coefficient (Wildman–Crippen LogP) is 2.78. The molecule has 1 aromatic carbocycles. The van der Waals surface area contributed by atoms with Crippen molar-refractivity contribution in [3.63, 3.8) is 0 Å². The summed E-state index contributed by atoms with van der Waals surface area (Å²) in [6, 6.07) is 4.85. The van der Waals surface area contributed by atoms with Crippen LogP contribution in [0.4, 0.5) is 4.79 Å². The second-order valence-corrected chi connectivity index (χ2v) is 7.99. The number of imide groups is 1. The fraction of sp³-hybridized carbons (Fsp3) is 0.524. The molecule has 1 saturated heterocycles. The van der Waals surface area contributed by atoms with Crippen molar-refractivity contribution in [3.8, 4) is 0 Å². The van der Waals surface area contributed by atoms with Gasteiger partial charge in [-0.1, -0.05) is 31.5 Å². The van der Waals surface area contributed by atoms with Crippen LogP contribution >= 0.6 is 0 Å². The Kier molecular flexibility index (Phi) is 6.59. The van der Waals surface area contributed by atoms with Crippen molar-refractivity contribution in [2.24, 2.45) is 5.92 Å². The Labute approximate surface area is 165 Å². The van der Waals surface area contributed by atoms with Crippen molar-refractivity contribution < 1.29 is 23.9 Å². The number of urea groups is 1. The number of carbonyl (C=O) groups is 4. The Balaban J connectivity index is 1.94. The van der Waals surface area contributed by atoms with Crippen LogP contribution in [0.3, 0.4) is 0 Å². The number of nitrogens with one attached hydrogen (secondary N) is 1. The molecule has 1 aliphatic heterocycles. The minimum Gasteiger partial charge on any atom is -0.456 e. The van der Waals surface area contributed by atoms with Crippen LogP contribution in [-0.2, 0) is 14.3 Å². The van der Waals surface area contributed by atoms with Gasteiger partial charge in [0.15, 0.2) is 6.61 Å². The van der Waals surface area contributed by atoms with Crippen molar-refractivity contribution in [2.75, 3.05) is 13.2 Å². The molecule has 152 valence electrons. The topological polar surface area (TPSA) is 92.8 Å². The number of rotatable bonds is 8. The lowest BCUT2D eigenvalue weighted by atomic mass is 9.92. The fourth-order valence-electron chi connectivity index (χ4n) is 3.07. The van der Waals surface area contributed by atoms with Gasteiger partial charge in [-0.05, 0) is 51.2 Å². The molecule has 0 unspecified atom stereocenters. The molecule has 0 radical (unpaired) electrons. The first-order valence-corrected chi connectivity index (χ1v) is 9.43. The van der Waals surface area contributed by atoms with Gasteiger partial charge in [-0.25, -0.2) is 4.79 Å². The van der Waals surface area contributed by atoms with Crippen molar-refractivity contribution in [3.05, 3.63) is 34.9 Å². The highest BCUT2D eigenvalue weighted by molar-refractivity contribution is 6.08. The Morgan fingerprint density at radius 2 is 1.89 bits per heavy atom. The molecule has 2 rings (SSSR count). The van der Waals surface area contributed by atoms with Crippen molar-refractivity contribution in [1.82, 2.24) is 10.2 Å². The summed E-state index contributed by atoms with van der Waals surface area (Å²) in [5.41, 5.74) is 1.20. The third kappa shape index (κ3) is 4.97. The van der Waals surface area contributed by atoms with Gasteiger partial charge in [-0.15, -0.1) is 0 Å². The Morgan fingerprint density at radius 3 is 2.54 bits per heavy atom. The van der Waals surface area contributed by atoms with Gasteiger partial charge in [0.25, 0.3) is 5.91 Å². The van der Waals surface area contributed by atoms with Gasteiger partial charge in [-0.2, -0.15) is 0 Å². The largest absolute Gasteiger partial charge is 0.456 e. The number of aryl methyl sites for hydroxylation is 2.